The second-order valence-electron chi connectivity index (χ2n) is 5.30. The van der Waals surface area contributed by atoms with Gasteiger partial charge in [-0.15, -0.1) is 0 Å². The molecule has 0 unspecified atom stereocenters. The van der Waals surface area contributed by atoms with Gasteiger partial charge in [0.2, 0.25) is 0 Å². The number of benzene rings is 2. The zero-order valence-corrected chi connectivity index (χ0v) is 13.9. The quantitative estimate of drug-likeness (QED) is 0.456. The summed E-state index contributed by atoms with van der Waals surface area (Å²) in [6.45, 7) is 0. The molecule has 2 aromatic carbocycles. The number of pyridine rings is 2. The largest absolute Gasteiger partial charge is 0.255 e. The van der Waals surface area contributed by atoms with Crippen LogP contribution in [0.1, 0.15) is 0 Å². The van der Waals surface area contributed by atoms with Gasteiger partial charge < -0.3 is 0 Å². The molecular formula is C20H13BrN2. The van der Waals surface area contributed by atoms with Crippen LogP contribution in [-0.2, 0) is 0 Å². The highest BCUT2D eigenvalue weighted by molar-refractivity contribution is 9.10. The second kappa shape index (κ2) is 5.94. The van der Waals surface area contributed by atoms with Crippen LogP contribution in [0, 0.1) is 0 Å². The first kappa shape index (κ1) is 14.1. The lowest BCUT2D eigenvalue weighted by molar-refractivity contribution is 1.28. The van der Waals surface area contributed by atoms with Gasteiger partial charge in [-0.25, -0.2) is 4.98 Å². The van der Waals surface area contributed by atoms with Gasteiger partial charge in [-0.2, -0.15) is 0 Å². The molecule has 0 saturated carbocycles. The van der Waals surface area contributed by atoms with Crippen molar-refractivity contribution in [3.05, 3.63) is 83.5 Å². The molecule has 0 aliphatic rings. The third-order valence-corrected chi connectivity index (χ3v) is 4.28. The third kappa shape index (κ3) is 2.76. The van der Waals surface area contributed by atoms with Crippen LogP contribution < -0.4 is 0 Å². The summed E-state index contributed by atoms with van der Waals surface area (Å²) < 4.78 is 1.05. The lowest BCUT2D eigenvalue weighted by Gasteiger charge is -2.10. The van der Waals surface area contributed by atoms with Crippen molar-refractivity contribution >= 4 is 26.8 Å². The molecule has 3 heteroatoms. The normalized spacial score (nSPS) is 10.8. The Kier molecular flexibility index (Phi) is 3.64. The van der Waals surface area contributed by atoms with E-state index in [1.54, 1.807) is 6.20 Å². The van der Waals surface area contributed by atoms with E-state index in [2.05, 4.69) is 57.3 Å². The molecular weight excluding hydrogens is 348 g/mol. The number of hydrogen-bond acceptors (Lipinski definition) is 2. The number of fused-ring (bicyclic) bond motifs is 1. The molecule has 0 spiro atoms. The summed E-state index contributed by atoms with van der Waals surface area (Å²) in [5.41, 5.74) is 5.08. The molecule has 0 bridgehead atoms. The highest BCUT2D eigenvalue weighted by atomic mass is 79.9. The van der Waals surface area contributed by atoms with Crippen molar-refractivity contribution < 1.29 is 0 Å². The summed E-state index contributed by atoms with van der Waals surface area (Å²) >= 11 is 3.56. The standard InChI is InChI=1S/C20H13BrN2/c21-15-9-10-18-17(12-15)16(14-6-2-1-3-7-14)13-20(23-18)19-8-4-5-11-22-19/h1-13H. The van der Waals surface area contributed by atoms with Crippen LogP contribution >= 0.6 is 15.9 Å². The van der Waals surface area contributed by atoms with E-state index in [-0.39, 0.29) is 0 Å². The SMILES string of the molecule is Brc1ccc2nc(-c3ccccn3)cc(-c3ccccc3)c2c1. The molecule has 0 atom stereocenters. The molecule has 4 aromatic rings. The third-order valence-electron chi connectivity index (χ3n) is 3.78. The van der Waals surface area contributed by atoms with E-state index in [1.807, 2.05) is 36.4 Å². The molecule has 0 amide bonds. The van der Waals surface area contributed by atoms with Gasteiger partial charge in [-0.05, 0) is 47.5 Å². The minimum Gasteiger partial charge on any atom is -0.255 e. The van der Waals surface area contributed by atoms with Crippen molar-refractivity contribution in [2.24, 2.45) is 0 Å². The number of aromatic nitrogens is 2. The molecule has 2 heterocycles. The maximum Gasteiger partial charge on any atom is 0.0900 e. The first-order valence-electron chi connectivity index (χ1n) is 7.38. The van der Waals surface area contributed by atoms with E-state index in [9.17, 15) is 0 Å². The van der Waals surface area contributed by atoms with Crippen molar-refractivity contribution in [2.45, 2.75) is 0 Å². The maximum absolute atomic E-state index is 4.79. The van der Waals surface area contributed by atoms with Crippen LogP contribution in [0.2, 0.25) is 0 Å². The van der Waals surface area contributed by atoms with Gasteiger partial charge in [0, 0.05) is 16.1 Å². The Morgan fingerprint density at radius 2 is 1.57 bits per heavy atom. The molecule has 23 heavy (non-hydrogen) atoms. The molecule has 0 saturated heterocycles. The van der Waals surface area contributed by atoms with Crippen molar-refractivity contribution in [1.29, 1.82) is 0 Å². The van der Waals surface area contributed by atoms with Crippen molar-refractivity contribution in [3.63, 3.8) is 0 Å². The Hall–Kier alpha value is -2.52. The molecule has 110 valence electrons. The van der Waals surface area contributed by atoms with Crippen molar-refractivity contribution in [1.82, 2.24) is 9.97 Å². The van der Waals surface area contributed by atoms with E-state index in [0.717, 1.165) is 32.3 Å². The van der Waals surface area contributed by atoms with Crippen LogP contribution in [0.3, 0.4) is 0 Å². The molecule has 0 N–H and O–H groups in total. The van der Waals surface area contributed by atoms with Gasteiger partial charge in [0.25, 0.3) is 0 Å². The predicted octanol–water partition coefficient (Wildman–Crippen LogP) is 5.73. The average molecular weight is 361 g/mol. The number of hydrogen-bond donors (Lipinski definition) is 0. The highest BCUT2D eigenvalue weighted by Gasteiger charge is 2.10. The number of rotatable bonds is 2. The summed E-state index contributed by atoms with van der Waals surface area (Å²) in [4.78, 5) is 9.23. The van der Waals surface area contributed by atoms with E-state index in [4.69, 9.17) is 4.98 Å². The van der Waals surface area contributed by atoms with E-state index >= 15 is 0 Å². The highest BCUT2D eigenvalue weighted by Crippen LogP contribution is 2.32. The molecule has 0 radical (unpaired) electrons. The first-order chi connectivity index (χ1) is 11.3. The van der Waals surface area contributed by atoms with Crippen molar-refractivity contribution in [3.8, 4) is 22.5 Å². The molecule has 2 aromatic heterocycles. The lowest BCUT2D eigenvalue weighted by Crippen LogP contribution is -1.91. The lowest BCUT2D eigenvalue weighted by atomic mass is 9.99. The summed E-state index contributed by atoms with van der Waals surface area (Å²) in [5.74, 6) is 0. The monoisotopic (exact) mass is 360 g/mol. The van der Waals surface area contributed by atoms with Gasteiger partial charge in [-0.3, -0.25) is 4.98 Å². The topological polar surface area (TPSA) is 25.8 Å². The summed E-state index contributed by atoms with van der Waals surface area (Å²) in [7, 11) is 0. The Balaban J connectivity index is 2.04. The fourth-order valence-electron chi connectivity index (χ4n) is 2.70. The van der Waals surface area contributed by atoms with Gasteiger partial charge in [0.1, 0.15) is 0 Å². The summed E-state index contributed by atoms with van der Waals surface area (Å²) in [6.07, 6.45) is 1.80. The zero-order valence-electron chi connectivity index (χ0n) is 12.3. The fourth-order valence-corrected chi connectivity index (χ4v) is 3.06. The molecule has 0 aliphatic heterocycles. The van der Waals surface area contributed by atoms with Crippen LogP contribution in [-0.4, -0.2) is 9.97 Å². The molecule has 4 rings (SSSR count). The Morgan fingerprint density at radius 1 is 0.739 bits per heavy atom. The van der Waals surface area contributed by atoms with Crippen molar-refractivity contribution in [2.75, 3.05) is 0 Å². The summed E-state index contributed by atoms with van der Waals surface area (Å²) in [5, 5.41) is 1.13. The van der Waals surface area contributed by atoms with Gasteiger partial charge >= 0.3 is 0 Å². The first-order valence-corrected chi connectivity index (χ1v) is 8.18. The number of halogens is 1. The van der Waals surface area contributed by atoms with Gasteiger partial charge in [0.15, 0.2) is 0 Å². The van der Waals surface area contributed by atoms with Crippen LogP contribution in [0.5, 0.6) is 0 Å². The Morgan fingerprint density at radius 3 is 2.35 bits per heavy atom. The molecule has 0 fully saturated rings. The number of nitrogens with zero attached hydrogens (tertiary/aromatic N) is 2. The van der Waals surface area contributed by atoms with Crippen LogP contribution in [0.15, 0.2) is 83.5 Å². The van der Waals surface area contributed by atoms with Gasteiger partial charge in [-0.1, -0.05) is 52.3 Å². The Labute approximate surface area is 143 Å². The fraction of sp³-hybridized carbons (Fsp3) is 0. The molecule has 0 aliphatic carbocycles. The maximum atomic E-state index is 4.79. The summed E-state index contributed by atoms with van der Waals surface area (Å²) in [6, 6.07) is 24.6. The van der Waals surface area contributed by atoms with Gasteiger partial charge in [0.05, 0.1) is 16.9 Å². The van der Waals surface area contributed by atoms with Crippen LogP contribution in [0.4, 0.5) is 0 Å². The van der Waals surface area contributed by atoms with Crippen LogP contribution in [0.25, 0.3) is 33.4 Å². The second-order valence-corrected chi connectivity index (χ2v) is 6.21. The van der Waals surface area contributed by atoms with E-state index < -0.39 is 0 Å². The van der Waals surface area contributed by atoms with E-state index in [0.29, 0.717) is 0 Å². The smallest absolute Gasteiger partial charge is 0.0900 e. The average Bonchev–Trinajstić information content (AvgIpc) is 2.62. The Bertz CT molecular complexity index is 967. The minimum absolute atomic E-state index is 0.884. The van der Waals surface area contributed by atoms with E-state index in [1.165, 1.54) is 5.56 Å². The zero-order chi connectivity index (χ0) is 15.6. The molecule has 2 nitrogen and oxygen atoms in total. The minimum atomic E-state index is 0.884. The predicted molar refractivity (Wildman–Crippen MR) is 98.1 cm³/mol.